The van der Waals surface area contributed by atoms with Gasteiger partial charge in [-0.05, 0) is 27.7 Å². The smallest absolute Gasteiger partial charge is 0.188 e. The largest absolute Gasteiger partial charge is 0.388 e. The predicted octanol–water partition coefficient (Wildman–Crippen LogP) is -5.70. The Morgan fingerprint density at radius 1 is 0.419 bits per heavy atom. The first-order chi connectivity index (χ1) is 20.2. The molecule has 0 saturated carbocycles. The molecule has 0 aromatic carbocycles. The van der Waals surface area contributed by atoms with Gasteiger partial charge in [-0.1, -0.05) is 0 Å². The van der Waals surface area contributed by atoms with E-state index >= 15 is 0 Å². The molecule has 43 heavy (non-hydrogen) atoms. The van der Waals surface area contributed by atoms with Crippen LogP contribution in [0.3, 0.4) is 0 Å². The van der Waals surface area contributed by atoms with Gasteiger partial charge in [0.1, 0.15) is 73.2 Å². The molecule has 18 nitrogen and oxygen atoms in total. The normalized spacial score (nSPS) is 54.8. The molecule has 252 valence electrons. The highest BCUT2D eigenvalue weighted by Gasteiger charge is 2.54. The lowest BCUT2D eigenvalue weighted by Crippen LogP contribution is -2.66. The van der Waals surface area contributed by atoms with Crippen LogP contribution in [-0.4, -0.2) is 176 Å². The van der Waals surface area contributed by atoms with Gasteiger partial charge in [-0.15, -0.1) is 0 Å². The Labute approximate surface area is 247 Å². The van der Waals surface area contributed by atoms with Crippen molar-refractivity contribution in [2.75, 3.05) is 6.73 Å². The van der Waals surface area contributed by atoms with E-state index < -0.39 is 123 Å². The molecule has 4 heterocycles. The summed E-state index contributed by atoms with van der Waals surface area (Å²) in [5.74, 6) is 0. The minimum Gasteiger partial charge on any atom is -0.388 e. The average molecular weight is 632 g/mol. The van der Waals surface area contributed by atoms with E-state index in [1.165, 1.54) is 27.7 Å². The standard InChI is InChI=1S/C25H45NO17/c1-6-10(27)14(31)16(33)23(38-6)41-20-13(30)9(4)39-24(18(20)35)43-21-15(32)11(28)7(2)40-25(21)42-19-12(29)8(3)37-22(17(19)34)36-5-26/h6-25,27-35H,5,26H2,1-4H3/t6-,7-,8-,9-,10-,11-,12-,13-,14+,15+,16+,17+,18+,19+,20+,21+,22+,23-,24-,25-/m0/s1. The molecular weight excluding hydrogens is 586 g/mol. The van der Waals surface area contributed by atoms with E-state index in [-0.39, 0.29) is 6.73 Å². The Balaban J connectivity index is 1.53. The van der Waals surface area contributed by atoms with Crippen LogP contribution in [0.15, 0.2) is 0 Å². The summed E-state index contributed by atoms with van der Waals surface area (Å²) in [6, 6.07) is 0. The van der Waals surface area contributed by atoms with Crippen molar-refractivity contribution in [3.63, 3.8) is 0 Å². The SMILES string of the molecule is C[C@@H]1O[C@@H](O[C@@H]2[C@@H](O)[C@H](C)O[C@@H](O[C@H]3[C@H](O[C@@H]4[C@@H](O)[C@H](C)O[C@@H](OCN)[C@@H]4O)O[C@@H](C)[C@H](O)[C@H]3O)[C@@H]2O)[C@H](O)[C@H](O)[C@H]1O. The van der Waals surface area contributed by atoms with E-state index in [0.717, 1.165) is 0 Å². The molecule has 0 bridgehead atoms. The van der Waals surface area contributed by atoms with Crippen LogP contribution >= 0.6 is 0 Å². The van der Waals surface area contributed by atoms with Gasteiger partial charge in [0.05, 0.1) is 31.1 Å². The Kier molecular flexibility index (Phi) is 11.7. The van der Waals surface area contributed by atoms with Gasteiger partial charge in [-0.3, -0.25) is 0 Å². The number of hydrogen-bond donors (Lipinski definition) is 10. The van der Waals surface area contributed by atoms with E-state index in [4.69, 9.17) is 43.6 Å². The molecule has 11 N–H and O–H groups in total. The average Bonchev–Trinajstić information content (AvgIpc) is 2.96. The maximum absolute atomic E-state index is 11.1. The van der Waals surface area contributed by atoms with Gasteiger partial charge in [0.2, 0.25) is 0 Å². The van der Waals surface area contributed by atoms with Crippen molar-refractivity contribution in [3.8, 4) is 0 Å². The highest BCUT2D eigenvalue weighted by atomic mass is 16.8. The second-order valence-electron chi connectivity index (χ2n) is 11.4. The summed E-state index contributed by atoms with van der Waals surface area (Å²) in [5.41, 5.74) is 5.41. The van der Waals surface area contributed by atoms with E-state index in [9.17, 15) is 46.0 Å². The molecule has 0 amide bonds. The van der Waals surface area contributed by atoms with E-state index in [1.807, 2.05) is 0 Å². The van der Waals surface area contributed by atoms with E-state index in [0.29, 0.717) is 0 Å². The molecule has 18 heteroatoms. The lowest BCUT2D eigenvalue weighted by molar-refractivity contribution is -0.393. The quantitative estimate of drug-likeness (QED) is 0.112. The van der Waals surface area contributed by atoms with E-state index in [2.05, 4.69) is 0 Å². The van der Waals surface area contributed by atoms with Gasteiger partial charge in [0, 0.05) is 0 Å². The lowest BCUT2D eigenvalue weighted by atomic mass is 9.96. The van der Waals surface area contributed by atoms with Crippen LogP contribution in [-0.2, 0) is 37.9 Å². The van der Waals surface area contributed by atoms with Crippen molar-refractivity contribution in [2.24, 2.45) is 5.73 Å². The maximum atomic E-state index is 11.1. The monoisotopic (exact) mass is 631 g/mol. The van der Waals surface area contributed by atoms with Crippen LogP contribution in [0.4, 0.5) is 0 Å². The van der Waals surface area contributed by atoms with Gasteiger partial charge >= 0.3 is 0 Å². The van der Waals surface area contributed by atoms with E-state index in [1.54, 1.807) is 0 Å². The summed E-state index contributed by atoms with van der Waals surface area (Å²) >= 11 is 0. The Bertz CT molecular complexity index is 891. The topological polar surface area (TPSA) is 282 Å². The first kappa shape index (κ1) is 35.1. The molecule has 0 radical (unpaired) electrons. The first-order valence-corrected chi connectivity index (χ1v) is 14.2. The van der Waals surface area contributed by atoms with Gasteiger partial charge in [0.25, 0.3) is 0 Å². The lowest BCUT2D eigenvalue weighted by Gasteiger charge is -2.49. The fourth-order valence-corrected chi connectivity index (χ4v) is 5.51. The third-order valence-corrected chi connectivity index (χ3v) is 8.29. The third kappa shape index (κ3) is 7.17. The molecule has 0 aromatic heterocycles. The van der Waals surface area contributed by atoms with Crippen LogP contribution in [0.1, 0.15) is 27.7 Å². The molecule has 0 spiro atoms. The van der Waals surface area contributed by atoms with Gasteiger partial charge in [-0.25, -0.2) is 0 Å². The predicted molar refractivity (Wildman–Crippen MR) is 136 cm³/mol. The number of ether oxygens (including phenoxy) is 8. The highest BCUT2D eigenvalue weighted by Crippen LogP contribution is 2.34. The molecule has 0 unspecified atom stereocenters. The maximum Gasteiger partial charge on any atom is 0.188 e. The second kappa shape index (κ2) is 14.4. The molecule has 4 aliphatic rings. The molecule has 20 atom stereocenters. The number of hydrogen-bond acceptors (Lipinski definition) is 18. The number of rotatable bonds is 8. The first-order valence-electron chi connectivity index (χ1n) is 14.2. The van der Waals surface area contributed by atoms with Crippen LogP contribution in [0, 0.1) is 0 Å². The zero-order valence-corrected chi connectivity index (χ0v) is 24.1. The second-order valence-corrected chi connectivity index (χ2v) is 11.4. The van der Waals surface area contributed by atoms with Crippen molar-refractivity contribution in [1.82, 2.24) is 0 Å². The van der Waals surface area contributed by atoms with Gasteiger partial charge in [0.15, 0.2) is 25.2 Å². The molecule has 0 aromatic rings. The fourth-order valence-electron chi connectivity index (χ4n) is 5.51. The molecule has 0 aliphatic carbocycles. The van der Waals surface area contributed by atoms with Crippen molar-refractivity contribution in [1.29, 1.82) is 0 Å². The molecule has 4 fully saturated rings. The molecular formula is C25H45NO17. The van der Waals surface area contributed by atoms with Crippen LogP contribution in [0.25, 0.3) is 0 Å². The van der Waals surface area contributed by atoms with Crippen molar-refractivity contribution in [3.05, 3.63) is 0 Å². The minimum absolute atomic E-state index is 0.309. The Hall–Kier alpha value is -0.720. The third-order valence-electron chi connectivity index (χ3n) is 8.29. The molecule has 4 aliphatic heterocycles. The zero-order chi connectivity index (χ0) is 31.9. The molecule has 4 saturated heterocycles. The minimum atomic E-state index is -1.81. The van der Waals surface area contributed by atoms with Crippen LogP contribution in [0.2, 0.25) is 0 Å². The van der Waals surface area contributed by atoms with Gasteiger partial charge < -0.3 is 89.6 Å². The van der Waals surface area contributed by atoms with Crippen LogP contribution in [0.5, 0.6) is 0 Å². The number of aliphatic hydroxyl groups is 9. The van der Waals surface area contributed by atoms with Crippen molar-refractivity contribution in [2.45, 2.75) is 151 Å². The van der Waals surface area contributed by atoms with Crippen LogP contribution < -0.4 is 5.73 Å². The Morgan fingerprint density at radius 2 is 0.791 bits per heavy atom. The fraction of sp³-hybridized carbons (Fsp3) is 1.00. The summed E-state index contributed by atoms with van der Waals surface area (Å²) in [7, 11) is 0. The van der Waals surface area contributed by atoms with Gasteiger partial charge in [-0.2, -0.15) is 0 Å². The summed E-state index contributed by atoms with van der Waals surface area (Å²) < 4.78 is 44.8. The Morgan fingerprint density at radius 3 is 1.33 bits per heavy atom. The number of aliphatic hydroxyl groups excluding tert-OH is 9. The number of nitrogens with two attached hydrogens (primary N) is 1. The zero-order valence-electron chi connectivity index (χ0n) is 24.1. The summed E-state index contributed by atoms with van der Waals surface area (Å²) in [6.45, 7) is 5.49. The van der Waals surface area contributed by atoms with Crippen molar-refractivity contribution < 1.29 is 83.9 Å². The summed E-state index contributed by atoms with van der Waals surface area (Å²) in [4.78, 5) is 0. The summed E-state index contributed by atoms with van der Waals surface area (Å²) in [5, 5.41) is 95.3. The van der Waals surface area contributed by atoms with Crippen molar-refractivity contribution >= 4 is 0 Å². The molecule has 4 rings (SSSR count). The summed E-state index contributed by atoms with van der Waals surface area (Å²) in [6.07, 6.45) is -28.8. The highest BCUT2D eigenvalue weighted by molar-refractivity contribution is 4.96.